The van der Waals surface area contributed by atoms with E-state index in [1.807, 2.05) is 38.4 Å². The van der Waals surface area contributed by atoms with Gasteiger partial charge in [0.2, 0.25) is 0 Å². The van der Waals surface area contributed by atoms with E-state index >= 15 is 0 Å². The summed E-state index contributed by atoms with van der Waals surface area (Å²) in [6, 6.07) is 7.79. The first-order chi connectivity index (χ1) is 8.65. The summed E-state index contributed by atoms with van der Waals surface area (Å²) in [6.45, 7) is 4.74. The number of hydrogen-bond acceptors (Lipinski definition) is 3. The van der Waals surface area contributed by atoms with Gasteiger partial charge in [0.25, 0.3) is 0 Å². The molecule has 1 aromatic carbocycles. The molecule has 0 aliphatic heterocycles. The molecule has 0 unspecified atom stereocenters. The lowest BCUT2D eigenvalue weighted by atomic mass is 10.1. The Kier molecular flexibility index (Phi) is 3.33. The van der Waals surface area contributed by atoms with Crippen molar-refractivity contribution in [1.82, 2.24) is 9.55 Å². The minimum atomic E-state index is 0.560. The van der Waals surface area contributed by atoms with Gasteiger partial charge < -0.3 is 9.30 Å². The normalized spacial score (nSPS) is 10.1. The lowest BCUT2D eigenvalue weighted by Gasteiger charge is -2.08. The zero-order chi connectivity index (χ0) is 13.1. The summed E-state index contributed by atoms with van der Waals surface area (Å²) >= 11 is 0. The first kappa shape index (κ1) is 12.2. The van der Waals surface area contributed by atoms with Crippen LogP contribution < -0.4 is 4.74 Å². The highest BCUT2D eigenvalue weighted by Gasteiger charge is 2.06. The Labute approximate surface area is 106 Å². The van der Waals surface area contributed by atoms with E-state index in [1.54, 1.807) is 7.11 Å². The molecule has 0 bridgehead atoms. The monoisotopic (exact) mass is 241 g/mol. The van der Waals surface area contributed by atoms with Crippen molar-refractivity contribution in [2.75, 3.05) is 7.11 Å². The zero-order valence-corrected chi connectivity index (χ0v) is 10.8. The molecule has 0 fully saturated rings. The molecular formula is C14H15N3O. The predicted octanol–water partition coefficient (Wildman–Crippen LogP) is 2.43. The van der Waals surface area contributed by atoms with E-state index in [-0.39, 0.29) is 0 Å². The molecule has 0 aliphatic rings. The van der Waals surface area contributed by atoms with Crippen molar-refractivity contribution in [3.05, 3.63) is 47.0 Å². The van der Waals surface area contributed by atoms with E-state index < -0.39 is 0 Å². The number of methoxy groups -OCH3 is 1. The Balaban J connectivity index is 2.31. The summed E-state index contributed by atoms with van der Waals surface area (Å²) in [6.07, 6.45) is 1.82. The fourth-order valence-electron chi connectivity index (χ4n) is 1.84. The summed E-state index contributed by atoms with van der Waals surface area (Å²) in [4.78, 5) is 4.26. The molecule has 4 heteroatoms. The standard InChI is InChI=1S/C14H15N3O/c1-10-11(2)17(9-16-10)8-12-4-5-14(18-3)13(6-12)7-15/h4-6,9H,8H2,1-3H3. The molecule has 0 saturated carbocycles. The minimum absolute atomic E-state index is 0.560. The van der Waals surface area contributed by atoms with E-state index in [1.165, 1.54) is 0 Å². The third kappa shape index (κ3) is 2.21. The van der Waals surface area contributed by atoms with Gasteiger partial charge in [0.05, 0.1) is 24.7 Å². The average molecular weight is 241 g/mol. The van der Waals surface area contributed by atoms with Crippen LogP contribution in [0, 0.1) is 25.2 Å². The van der Waals surface area contributed by atoms with Gasteiger partial charge in [0.15, 0.2) is 0 Å². The maximum Gasteiger partial charge on any atom is 0.136 e. The topological polar surface area (TPSA) is 50.8 Å². The zero-order valence-electron chi connectivity index (χ0n) is 10.8. The number of aryl methyl sites for hydroxylation is 1. The highest BCUT2D eigenvalue weighted by atomic mass is 16.5. The predicted molar refractivity (Wildman–Crippen MR) is 68.5 cm³/mol. The second-order valence-electron chi connectivity index (χ2n) is 4.19. The number of hydrogen-bond donors (Lipinski definition) is 0. The smallest absolute Gasteiger partial charge is 0.136 e. The van der Waals surface area contributed by atoms with Crippen LogP contribution >= 0.6 is 0 Å². The lowest BCUT2D eigenvalue weighted by Crippen LogP contribution is -2.01. The van der Waals surface area contributed by atoms with E-state index in [0.717, 1.165) is 17.0 Å². The summed E-state index contributed by atoms with van der Waals surface area (Å²) in [5.41, 5.74) is 3.80. The molecule has 0 atom stereocenters. The summed E-state index contributed by atoms with van der Waals surface area (Å²) in [7, 11) is 1.57. The Morgan fingerprint density at radius 2 is 2.17 bits per heavy atom. The average Bonchev–Trinajstić information content (AvgIpc) is 2.70. The quantitative estimate of drug-likeness (QED) is 0.829. The number of nitrogens with zero attached hydrogens (tertiary/aromatic N) is 3. The Bertz CT molecular complexity index is 608. The van der Waals surface area contributed by atoms with Gasteiger partial charge >= 0.3 is 0 Å². The largest absolute Gasteiger partial charge is 0.495 e. The van der Waals surface area contributed by atoms with E-state index in [9.17, 15) is 0 Å². The van der Waals surface area contributed by atoms with E-state index in [2.05, 4.69) is 15.6 Å². The molecule has 2 aromatic rings. The van der Waals surface area contributed by atoms with Crippen LogP contribution in [-0.4, -0.2) is 16.7 Å². The van der Waals surface area contributed by atoms with Crippen LogP contribution in [0.25, 0.3) is 0 Å². The molecule has 92 valence electrons. The minimum Gasteiger partial charge on any atom is -0.495 e. The summed E-state index contributed by atoms with van der Waals surface area (Å²) < 4.78 is 7.20. The number of aromatic nitrogens is 2. The fourth-order valence-corrected chi connectivity index (χ4v) is 1.84. The van der Waals surface area contributed by atoms with Crippen LogP contribution in [-0.2, 0) is 6.54 Å². The first-order valence-electron chi connectivity index (χ1n) is 5.71. The van der Waals surface area contributed by atoms with Gasteiger partial charge in [-0.05, 0) is 31.5 Å². The van der Waals surface area contributed by atoms with Gasteiger partial charge in [0.1, 0.15) is 11.8 Å². The van der Waals surface area contributed by atoms with Crippen molar-refractivity contribution in [1.29, 1.82) is 5.26 Å². The van der Waals surface area contributed by atoms with Gasteiger partial charge in [-0.2, -0.15) is 5.26 Å². The molecule has 18 heavy (non-hydrogen) atoms. The number of rotatable bonds is 3. The summed E-state index contributed by atoms with van der Waals surface area (Å²) in [5, 5.41) is 9.05. The van der Waals surface area contributed by atoms with E-state index in [0.29, 0.717) is 17.9 Å². The van der Waals surface area contributed by atoms with Crippen LogP contribution in [0.5, 0.6) is 5.75 Å². The van der Waals surface area contributed by atoms with Crippen LogP contribution in [0.1, 0.15) is 22.5 Å². The number of nitriles is 1. The molecule has 1 aromatic heterocycles. The summed E-state index contributed by atoms with van der Waals surface area (Å²) in [5.74, 6) is 0.611. The van der Waals surface area contributed by atoms with Crippen molar-refractivity contribution in [3.63, 3.8) is 0 Å². The van der Waals surface area contributed by atoms with Crippen molar-refractivity contribution >= 4 is 0 Å². The molecule has 0 amide bonds. The second kappa shape index (κ2) is 4.92. The molecule has 0 saturated heterocycles. The van der Waals surface area contributed by atoms with Crippen LogP contribution in [0.3, 0.4) is 0 Å². The van der Waals surface area contributed by atoms with E-state index in [4.69, 9.17) is 10.00 Å². The van der Waals surface area contributed by atoms with Gasteiger partial charge in [-0.1, -0.05) is 6.07 Å². The maximum atomic E-state index is 9.05. The second-order valence-corrected chi connectivity index (χ2v) is 4.19. The highest BCUT2D eigenvalue weighted by Crippen LogP contribution is 2.19. The van der Waals surface area contributed by atoms with Gasteiger partial charge in [0, 0.05) is 12.2 Å². The van der Waals surface area contributed by atoms with Crippen molar-refractivity contribution in [2.24, 2.45) is 0 Å². The first-order valence-corrected chi connectivity index (χ1v) is 5.71. The molecular weight excluding hydrogens is 226 g/mol. The fraction of sp³-hybridized carbons (Fsp3) is 0.286. The third-order valence-corrected chi connectivity index (χ3v) is 3.08. The number of benzene rings is 1. The Morgan fingerprint density at radius 3 is 2.72 bits per heavy atom. The lowest BCUT2D eigenvalue weighted by molar-refractivity contribution is 0.413. The van der Waals surface area contributed by atoms with Gasteiger partial charge in [-0.15, -0.1) is 0 Å². The molecule has 0 N–H and O–H groups in total. The van der Waals surface area contributed by atoms with Crippen LogP contribution in [0.2, 0.25) is 0 Å². The van der Waals surface area contributed by atoms with Crippen molar-refractivity contribution in [2.45, 2.75) is 20.4 Å². The third-order valence-electron chi connectivity index (χ3n) is 3.08. The Hall–Kier alpha value is -2.28. The Morgan fingerprint density at radius 1 is 1.39 bits per heavy atom. The van der Waals surface area contributed by atoms with Gasteiger partial charge in [-0.25, -0.2) is 4.98 Å². The van der Waals surface area contributed by atoms with Gasteiger partial charge in [-0.3, -0.25) is 0 Å². The molecule has 0 spiro atoms. The molecule has 0 radical (unpaired) electrons. The van der Waals surface area contributed by atoms with Crippen molar-refractivity contribution < 1.29 is 4.74 Å². The molecule has 1 heterocycles. The molecule has 2 rings (SSSR count). The SMILES string of the molecule is COc1ccc(Cn2cnc(C)c2C)cc1C#N. The number of imidazole rings is 1. The van der Waals surface area contributed by atoms with Crippen LogP contribution in [0.15, 0.2) is 24.5 Å². The van der Waals surface area contributed by atoms with Crippen LogP contribution in [0.4, 0.5) is 0 Å². The highest BCUT2D eigenvalue weighted by molar-refractivity contribution is 5.45. The molecule has 0 aliphatic carbocycles. The molecule has 4 nitrogen and oxygen atoms in total. The van der Waals surface area contributed by atoms with Crippen molar-refractivity contribution in [3.8, 4) is 11.8 Å². The number of ether oxygens (including phenoxy) is 1. The maximum absolute atomic E-state index is 9.05.